The summed E-state index contributed by atoms with van der Waals surface area (Å²) in [5.41, 5.74) is 3.64. The van der Waals surface area contributed by atoms with Crippen molar-refractivity contribution in [1.82, 2.24) is 10.2 Å². The molecule has 2 aliphatic heterocycles. The number of carbonyl (C=O) groups excluding carboxylic acids is 1. The Balaban J connectivity index is 0.00000182. The van der Waals surface area contributed by atoms with E-state index < -0.39 is 0 Å². The average molecular weight is 418 g/mol. The third kappa shape index (κ3) is 5.08. The Kier molecular flexibility index (Phi) is 9.35. The van der Waals surface area contributed by atoms with Gasteiger partial charge in [-0.3, -0.25) is 4.79 Å². The van der Waals surface area contributed by atoms with Crippen LogP contribution in [0.25, 0.3) is 0 Å². The molecular formula is C20H33Cl2N3O2. The number of aryl methyl sites for hydroxylation is 1. The summed E-state index contributed by atoms with van der Waals surface area (Å²) < 4.78 is 5.43. The first-order valence-corrected chi connectivity index (χ1v) is 9.37. The summed E-state index contributed by atoms with van der Waals surface area (Å²) in [5, 5.41) is 3.36. The number of piperazine rings is 1. The Hall–Kier alpha value is -1.01. The third-order valence-corrected chi connectivity index (χ3v) is 5.92. The number of nitrogens with one attached hydrogen (secondary N) is 1. The monoisotopic (exact) mass is 417 g/mol. The summed E-state index contributed by atoms with van der Waals surface area (Å²) in [7, 11) is 1.70. The topological polar surface area (TPSA) is 44.8 Å². The van der Waals surface area contributed by atoms with Gasteiger partial charge in [0, 0.05) is 39.0 Å². The van der Waals surface area contributed by atoms with Crippen LogP contribution in [0.1, 0.15) is 24.0 Å². The maximum absolute atomic E-state index is 13.2. The van der Waals surface area contributed by atoms with Gasteiger partial charge in [-0.25, -0.2) is 0 Å². The van der Waals surface area contributed by atoms with Gasteiger partial charge in [0.25, 0.3) is 0 Å². The number of carbonyl (C=O) groups is 1. The van der Waals surface area contributed by atoms with Crippen LogP contribution in [0.4, 0.5) is 5.69 Å². The smallest absolute Gasteiger partial charge is 0.231 e. The van der Waals surface area contributed by atoms with Gasteiger partial charge >= 0.3 is 0 Å². The van der Waals surface area contributed by atoms with E-state index in [-0.39, 0.29) is 36.1 Å². The summed E-state index contributed by atoms with van der Waals surface area (Å²) in [6.45, 7) is 10.1. The van der Waals surface area contributed by atoms with Gasteiger partial charge in [0.2, 0.25) is 5.91 Å². The first-order valence-electron chi connectivity index (χ1n) is 9.37. The van der Waals surface area contributed by atoms with E-state index in [1.165, 1.54) is 16.8 Å². The molecular weight excluding hydrogens is 385 g/mol. The molecule has 1 amide bonds. The molecule has 1 aromatic carbocycles. The van der Waals surface area contributed by atoms with Crippen LogP contribution in [0.15, 0.2) is 18.2 Å². The van der Waals surface area contributed by atoms with Crippen LogP contribution in [-0.2, 0) is 9.53 Å². The minimum Gasteiger partial charge on any atom is -0.384 e. The summed E-state index contributed by atoms with van der Waals surface area (Å²) >= 11 is 0. The Labute approximate surface area is 175 Å². The van der Waals surface area contributed by atoms with Crippen LogP contribution in [-0.4, -0.2) is 63.8 Å². The normalized spacial score (nSPS) is 19.1. The minimum absolute atomic E-state index is 0. The van der Waals surface area contributed by atoms with E-state index in [4.69, 9.17) is 4.74 Å². The van der Waals surface area contributed by atoms with Crippen LogP contribution < -0.4 is 10.2 Å². The lowest BCUT2D eigenvalue weighted by molar-refractivity contribution is -0.147. The molecule has 7 heteroatoms. The number of ether oxygens (including phenoxy) is 1. The highest BCUT2D eigenvalue weighted by molar-refractivity contribution is 5.85. The third-order valence-electron chi connectivity index (χ3n) is 5.92. The lowest BCUT2D eigenvalue weighted by Crippen LogP contribution is -2.56. The van der Waals surface area contributed by atoms with Crippen molar-refractivity contribution < 1.29 is 9.53 Å². The van der Waals surface area contributed by atoms with E-state index >= 15 is 0 Å². The van der Waals surface area contributed by atoms with Crippen molar-refractivity contribution in [3.63, 3.8) is 0 Å². The predicted octanol–water partition coefficient (Wildman–Crippen LogP) is 2.81. The van der Waals surface area contributed by atoms with Gasteiger partial charge < -0.3 is 19.9 Å². The van der Waals surface area contributed by atoms with Crippen molar-refractivity contribution in [2.45, 2.75) is 26.7 Å². The lowest BCUT2D eigenvalue weighted by Gasteiger charge is -2.43. The molecule has 2 aliphatic rings. The number of hydrogen-bond donors (Lipinski definition) is 1. The van der Waals surface area contributed by atoms with Crippen LogP contribution >= 0.6 is 24.8 Å². The molecule has 0 saturated carbocycles. The van der Waals surface area contributed by atoms with Crippen LogP contribution in [0.2, 0.25) is 0 Å². The largest absolute Gasteiger partial charge is 0.384 e. The van der Waals surface area contributed by atoms with E-state index in [1.54, 1.807) is 7.11 Å². The maximum Gasteiger partial charge on any atom is 0.231 e. The predicted molar refractivity (Wildman–Crippen MR) is 116 cm³/mol. The molecule has 0 atom stereocenters. The molecule has 0 radical (unpaired) electrons. The Bertz CT molecular complexity index is 608. The van der Waals surface area contributed by atoms with Crippen molar-refractivity contribution in [2.75, 3.05) is 57.9 Å². The van der Waals surface area contributed by atoms with Gasteiger partial charge in [-0.05, 0) is 57.0 Å². The fourth-order valence-electron chi connectivity index (χ4n) is 4.17. The first kappa shape index (κ1) is 24.0. The molecule has 3 rings (SSSR count). The lowest BCUT2D eigenvalue weighted by atomic mass is 9.78. The molecule has 1 aromatic rings. The van der Waals surface area contributed by atoms with E-state index in [0.717, 1.165) is 52.1 Å². The highest BCUT2D eigenvalue weighted by Gasteiger charge is 2.42. The molecule has 0 aliphatic carbocycles. The Morgan fingerprint density at radius 3 is 2.33 bits per heavy atom. The van der Waals surface area contributed by atoms with Crippen LogP contribution in [0, 0.1) is 19.3 Å². The van der Waals surface area contributed by atoms with Crippen molar-refractivity contribution in [3.8, 4) is 0 Å². The summed E-state index contributed by atoms with van der Waals surface area (Å²) in [5.74, 6) is 0.288. The molecule has 2 saturated heterocycles. The molecule has 0 unspecified atom stereocenters. The van der Waals surface area contributed by atoms with Crippen LogP contribution in [0.5, 0.6) is 0 Å². The SMILES string of the molecule is COCC1(C(=O)N2CCN(c3cccc(C)c3C)CC2)CCNCC1.Cl.Cl. The summed E-state index contributed by atoms with van der Waals surface area (Å²) in [6.07, 6.45) is 1.74. The Morgan fingerprint density at radius 1 is 1.11 bits per heavy atom. The van der Waals surface area contributed by atoms with E-state index in [0.29, 0.717) is 6.61 Å². The van der Waals surface area contributed by atoms with Gasteiger partial charge in [0.1, 0.15) is 0 Å². The second kappa shape index (κ2) is 10.5. The molecule has 154 valence electrons. The maximum atomic E-state index is 13.2. The fraction of sp³-hybridized carbons (Fsp3) is 0.650. The first-order chi connectivity index (χ1) is 12.1. The highest BCUT2D eigenvalue weighted by atomic mass is 35.5. The summed E-state index contributed by atoms with van der Waals surface area (Å²) in [6, 6.07) is 6.47. The van der Waals surface area contributed by atoms with Gasteiger partial charge in [-0.1, -0.05) is 12.1 Å². The molecule has 0 spiro atoms. The number of piperidine rings is 1. The summed E-state index contributed by atoms with van der Waals surface area (Å²) in [4.78, 5) is 17.7. The quantitative estimate of drug-likeness (QED) is 0.817. The van der Waals surface area contributed by atoms with E-state index in [2.05, 4.69) is 47.2 Å². The standard InChI is InChI=1S/C20H31N3O2.2ClH/c1-16-5-4-6-18(17(16)2)22-11-13-23(14-12-22)19(24)20(15-25-3)7-9-21-10-8-20;;/h4-6,21H,7-15H2,1-3H3;2*1H. The number of nitrogens with zero attached hydrogens (tertiary/aromatic N) is 2. The minimum atomic E-state index is -0.332. The van der Waals surface area contributed by atoms with Crippen molar-refractivity contribution in [3.05, 3.63) is 29.3 Å². The zero-order chi connectivity index (χ0) is 17.9. The molecule has 2 fully saturated rings. The number of methoxy groups -OCH3 is 1. The Morgan fingerprint density at radius 2 is 1.74 bits per heavy atom. The van der Waals surface area contributed by atoms with Gasteiger partial charge in [-0.2, -0.15) is 0 Å². The molecule has 5 nitrogen and oxygen atoms in total. The van der Waals surface area contributed by atoms with Gasteiger partial charge in [0.05, 0.1) is 12.0 Å². The van der Waals surface area contributed by atoms with Gasteiger partial charge in [-0.15, -0.1) is 24.8 Å². The fourth-order valence-corrected chi connectivity index (χ4v) is 4.17. The van der Waals surface area contributed by atoms with Crippen molar-refractivity contribution >= 4 is 36.4 Å². The number of benzene rings is 1. The van der Waals surface area contributed by atoms with Crippen molar-refractivity contribution in [1.29, 1.82) is 0 Å². The highest BCUT2D eigenvalue weighted by Crippen LogP contribution is 2.32. The number of rotatable bonds is 4. The number of amides is 1. The number of hydrogen-bond acceptors (Lipinski definition) is 4. The number of anilines is 1. The molecule has 27 heavy (non-hydrogen) atoms. The second-order valence-electron chi connectivity index (χ2n) is 7.46. The van der Waals surface area contributed by atoms with E-state index in [1.807, 2.05) is 0 Å². The zero-order valence-corrected chi connectivity index (χ0v) is 18.3. The molecule has 0 aromatic heterocycles. The zero-order valence-electron chi connectivity index (χ0n) is 16.6. The van der Waals surface area contributed by atoms with Crippen molar-refractivity contribution in [2.24, 2.45) is 5.41 Å². The second-order valence-corrected chi connectivity index (χ2v) is 7.46. The molecule has 0 bridgehead atoms. The number of halogens is 2. The van der Waals surface area contributed by atoms with Crippen LogP contribution in [0.3, 0.4) is 0 Å². The average Bonchev–Trinajstić information content (AvgIpc) is 2.65. The molecule has 1 N–H and O–H groups in total. The molecule has 2 heterocycles. The van der Waals surface area contributed by atoms with E-state index in [9.17, 15) is 4.79 Å². The van der Waals surface area contributed by atoms with Gasteiger partial charge in [0.15, 0.2) is 0 Å².